The number of nitrogens with two attached hydrogens (primary N) is 1. The Labute approximate surface area is 97.0 Å². The van der Waals surface area contributed by atoms with Crippen molar-refractivity contribution in [2.45, 2.75) is 13.5 Å². The number of benzene rings is 1. The Hall–Kier alpha value is -1.13. The third kappa shape index (κ3) is 2.11. The first-order chi connectivity index (χ1) is 7.20. The van der Waals surface area contributed by atoms with Crippen molar-refractivity contribution in [3.05, 3.63) is 46.2 Å². The molecular formula is C11H12BrN3. The molecule has 1 aromatic heterocycles. The van der Waals surface area contributed by atoms with Crippen LogP contribution in [-0.4, -0.2) is 9.78 Å². The van der Waals surface area contributed by atoms with Gasteiger partial charge in [-0.3, -0.25) is 0 Å². The summed E-state index contributed by atoms with van der Waals surface area (Å²) in [6.45, 7) is 2.51. The molecule has 0 amide bonds. The van der Waals surface area contributed by atoms with Crippen LogP contribution in [0, 0.1) is 6.92 Å². The minimum atomic E-state index is 0.541. The Balaban J connectivity index is 2.42. The molecule has 1 aromatic carbocycles. The smallest absolute Gasteiger partial charge is 0.0657 e. The minimum Gasteiger partial charge on any atom is -0.326 e. The average molecular weight is 266 g/mol. The number of hydrogen-bond acceptors (Lipinski definition) is 2. The summed E-state index contributed by atoms with van der Waals surface area (Å²) >= 11 is 3.49. The van der Waals surface area contributed by atoms with E-state index < -0.39 is 0 Å². The number of aryl methyl sites for hydroxylation is 1. The highest BCUT2D eigenvalue weighted by atomic mass is 79.9. The zero-order chi connectivity index (χ0) is 10.8. The van der Waals surface area contributed by atoms with Crippen molar-refractivity contribution < 1.29 is 0 Å². The molecule has 2 rings (SSSR count). The van der Waals surface area contributed by atoms with E-state index in [1.807, 2.05) is 42.1 Å². The molecule has 0 aliphatic rings. The van der Waals surface area contributed by atoms with Crippen molar-refractivity contribution in [1.29, 1.82) is 0 Å². The van der Waals surface area contributed by atoms with E-state index in [0.717, 1.165) is 21.4 Å². The normalized spacial score (nSPS) is 10.6. The quantitative estimate of drug-likeness (QED) is 0.907. The van der Waals surface area contributed by atoms with Gasteiger partial charge in [0.2, 0.25) is 0 Å². The van der Waals surface area contributed by atoms with Crippen LogP contribution < -0.4 is 5.73 Å². The van der Waals surface area contributed by atoms with Gasteiger partial charge in [-0.15, -0.1) is 0 Å². The lowest BCUT2D eigenvalue weighted by molar-refractivity contribution is 0.860. The van der Waals surface area contributed by atoms with E-state index in [9.17, 15) is 0 Å². The van der Waals surface area contributed by atoms with Gasteiger partial charge in [-0.1, -0.05) is 22.0 Å². The van der Waals surface area contributed by atoms with Crippen molar-refractivity contribution >= 4 is 15.9 Å². The minimum absolute atomic E-state index is 0.541. The number of hydrogen-bond donors (Lipinski definition) is 1. The zero-order valence-electron chi connectivity index (χ0n) is 8.44. The van der Waals surface area contributed by atoms with Crippen LogP contribution in [0.15, 0.2) is 34.9 Å². The highest BCUT2D eigenvalue weighted by Crippen LogP contribution is 2.20. The molecular weight excluding hydrogens is 254 g/mol. The average Bonchev–Trinajstić information content (AvgIpc) is 2.65. The zero-order valence-corrected chi connectivity index (χ0v) is 10.0. The monoisotopic (exact) mass is 265 g/mol. The Bertz CT molecular complexity index is 476. The van der Waals surface area contributed by atoms with Crippen molar-refractivity contribution in [2.24, 2.45) is 5.73 Å². The van der Waals surface area contributed by atoms with Crippen LogP contribution in [0.4, 0.5) is 0 Å². The van der Waals surface area contributed by atoms with E-state index in [2.05, 4.69) is 21.0 Å². The molecule has 0 aliphatic heterocycles. The van der Waals surface area contributed by atoms with Gasteiger partial charge in [0.15, 0.2) is 0 Å². The SMILES string of the molecule is Cc1ccn(-c2ccc(CN)c(Br)c2)n1. The van der Waals surface area contributed by atoms with Crippen molar-refractivity contribution in [3.63, 3.8) is 0 Å². The fourth-order valence-electron chi connectivity index (χ4n) is 1.40. The van der Waals surface area contributed by atoms with E-state index in [4.69, 9.17) is 5.73 Å². The lowest BCUT2D eigenvalue weighted by Gasteiger charge is -2.05. The fraction of sp³-hybridized carbons (Fsp3) is 0.182. The highest BCUT2D eigenvalue weighted by molar-refractivity contribution is 9.10. The van der Waals surface area contributed by atoms with Gasteiger partial charge in [0.1, 0.15) is 0 Å². The van der Waals surface area contributed by atoms with E-state index in [-0.39, 0.29) is 0 Å². The largest absolute Gasteiger partial charge is 0.326 e. The van der Waals surface area contributed by atoms with Crippen LogP contribution >= 0.6 is 15.9 Å². The van der Waals surface area contributed by atoms with E-state index in [0.29, 0.717) is 6.54 Å². The molecule has 2 aromatic rings. The molecule has 3 nitrogen and oxygen atoms in total. The van der Waals surface area contributed by atoms with Gasteiger partial charge in [-0.25, -0.2) is 4.68 Å². The third-order valence-electron chi connectivity index (χ3n) is 2.24. The molecule has 0 fully saturated rings. The summed E-state index contributed by atoms with van der Waals surface area (Å²) < 4.78 is 2.87. The maximum atomic E-state index is 5.59. The molecule has 0 spiro atoms. The number of nitrogens with zero attached hydrogens (tertiary/aromatic N) is 2. The van der Waals surface area contributed by atoms with Crippen LogP contribution in [0.2, 0.25) is 0 Å². The first-order valence-electron chi connectivity index (χ1n) is 4.72. The lowest BCUT2D eigenvalue weighted by atomic mass is 10.2. The Kier molecular flexibility index (Phi) is 2.88. The molecule has 78 valence electrons. The molecule has 0 bridgehead atoms. The van der Waals surface area contributed by atoms with E-state index >= 15 is 0 Å². The Morgan fingerprint density at radius 2 is 2.20 bits per heavy atom. The second-order valence-electron chi connectivity index (χ2n) is 3.38. The van der Waals surface area contributed by atoms with E-state index in [1.54, 1.807) is 0 Å². The maximum absolute atomic E-state index is 5.59. The molecule has 4 heteroatoms. The van der Waals surface area contributed by atoms with Gasteiger partial charge in [-0.05, 0) is 30.7 Å². The topological polar surface area (TPSA) is 43.8 Å². The predicted octanol–water partition coefficient (Wildman–Crippen LogP) is 2.40. The predicted molar refractivity (Wildman–Crippen MR) is 63.9 cm³/mol. The number of halogens is 1. The van der Waals surface area contributed by atoms with Gasteiger partial charge >= 0.3 is 0 Å². The molecule has 1 heterocycles. The van der Waals surface area contributed by atoms with Gasteiger partial charge < -0.3 is 5.73 Å². The number of aromatic nitrogens is 2. The van der Waals surface area contributed by atoms with Crippen LogP contribution in [-0.2, 0) is 6.54 Å². The second-order valence-corrected chi connectivity index (χ2v) is 4.24. The van der Waals surface area contributed by atoms with Crippen LogP contribution in [0.5, 0.6) is 0 Å². The van der Waals surface area contributed by atoms with Crippen LogP contribution in [0.3, 0.4) is 0 Å². The first kappa shape index (κ1) is 10.4. The lowest BCUT2D eigenvalue weighted by Crippen LogP contribution is -2.00. The fourth-order valence-corrected chi connectivity index (χ4v) is 1.93. The van der Waals surface area contributed by atoms with Crippen LogP contribution in [0.25, 0.3) is 5.69 Å². The first-order valence-corrected chi connectivity index (χ1v) is 5.51. The van der Waals surface area contributed by atoms with Crippen molar-refractivity contribution in [3.8, 4) is 5.69 Å². The molecule has 0 aliphatic carbocycles. The standard InChI is InChI=1S/C11H12BrN3/c1-8-4-5-15(14-8)10-3-2-9(7-13)11(12)6-10/h2-6H,7,13H2,1H3. The molecule has 0 unspecified atom stereocenters. The number of rotatable bonds is 2. The van der Waals surface area contributed by atoms with Gasteiger partial charge in [0.05, 0.1) is 11.4 Å². The Morgan fingerprint density at radius 3 is 2.73 bits per heavy atom. The summed E-state index contributed by atoms with van der Waals surface area (Å²) in [4.78, 5) is 0. The highest BCUT2D eigenvalue weighted by Gasteiger charge is 2.02. The second kappa shape index (κ2) is 4.16. The summed E-state index contributed by atoms with van der Waals surface area (Å²) in [5.74, 6) is 0. The van der Waals surface area contributed by atoms with Crippen molar-refractivity contribution in [2.75, 3.05) is 0 Å². The third-order valence-corrected chi connectivity index (χ3v) is 2.98. The summed E-state index contributed by atoms with van der Waals surface area (Å²) in [7, 11) is 0. The summed E-state index contributed by atoms with van der Waals surface area (Å²) in [5.41, 5.74) is 8.73. The van der Waals surface area contributed by atoms with Gasteiger partial charge in [0, 0.05) is 17.2 Å². The molecule has 0 saturated carbocycles. The molecule has 15 heavy (non-hydrogen) atoms. The van der Waals surface area contributed by atoms with Gasteiger partial charge in [-0.2, -0.15) is 5.10 Å². The molecule has 0 radical (unpaired) electrons. The van der Waals surface area contributed by atoms with Crippen LogP contribution in [0.1, 0.15) is 11.3 Å². The molecule has 0 saturated heterocycles. The Morgan fingerprint density at radius 1 is 1.40 bits per heavy atom. The summed E-state index contributed by atoms with van der Waals surface area (Å²) in [5, 5.41) is 4.34. The summed E-state index contributed by atoms with van der Waals surface area (Å²) in [6.07, 6.45) is 1.94. The van der Waals surface area contributed by atoms with Gasteiger partial charge in [0.25, 0.3) is 0 Å². The van der Waals surface area contributed by atoms with Crippen molar-refractivity contribution in [1.82, 2.24) is 9.78 Å². The molecule has 2 N–H and O–H groups in total. The molecule has 0 atom stereocenters. The summed E-state index contributed by atoms with van der Waals surface area (Å²) in [6, 6.07) is 8.02. The maximum Gasteiger partial charge on any atom is 0.0657 e. The van der Waals surface area contributed by atoms with E-state index in [1.165, 1.54) is 0 Å².